The van der Waals surface area contributed by atoms with Crippen LogP contribution in [0.15, 0.2) is 72.1 Å². The van der Waals surface area contributed by atoms with Crippen LogP contribution in [0.25, 0.3) is 0 Å². The van der Waals surface area contributed by atoms with Crippen LogP contribution in [0.1, 0.15) is 38.1 Å². The molecule has 0 fully saturated rings. The third-order valence-corrected chi connectivity index (χ3v) is 6.18. The first kappa shape index (κ1) is 20.0. The van der Waals surface area contributed by atoms with Crippen molar-refractivity contribution in [3.8, 4) is 0 Å². The van der Waals surface area contributed by atoms with Crippen LogP contribution in [-0.2, 0) is 17.8 Å². The van der Waals surface area contributed by atoms with Crippen molar-refractivity contribution in [3.63, 3.8) is 0 Å². The zero-order chi connectivity index (χ0) is 21.1. The predicted octanol–water partition coefficient (Wildman–Crippen LogP) is 4.00. The van der Waals surface area contributed by atoms with Gasteiger partial charge in [-0.25, -0.2) is 0 Å². The molecule has 0 unspecified atom stereocenters. The van der Waals surface area contributed by atoms with Gasteiger partial charge in [0.05, 0.1) is 17.7 Å². The van der Waals surface area contributed by atoms with E-state index in [1.54, 1.807) is 40.5 Å². The number of benzene rings is 2. The summed E-state index contributed by atoms with van der Waals surface area (Å²) in [5.74, 6) is -1.03. The molecular weight excluding hydrogens is 396 g/mol. The fourth-order valence-electron chi connectivity index (χ4n) is 3.76. The average Bonchev–Trinajstić information content (AvgIpc) is 3.38. The molecule has 1 aliphatic rings. The van der Waals surface area contributed by atoms with Crippen molar-refractivity contribution in [1.29, 1.82) is 0 Å². The van der Waals surface area contributed by atoms with E-state index in [-0.39, 0.29) is 12.3 Å². The highest BCUT2D eigenvalue weighted by atomic mass is 32.1. The largest absolute Gasteiger partial charge is 0.336 e. The Morgan fingerprint density at radius 1 is 0.933 bits per heavy atom. The Morgan fingerprint density at radius 3 is 2.13 bits per heavy atom. The van der Waals surface area contributed by atoms with E-state index >= 15 is 0 Å². The second kappa shape index (κ2) is 8.63. The number of carbonyl (C=O) groups is 3. The van der Waals surface area contributed by atoms with E-state index in [4.69, 9.17) is 0 Å². The first-order valence-corrected chi connectivity index (χ1v) is 10.8. The van der Waals surface area contributed by atoms with Crippen molar-refractivity contribution in [3.05, 3.63) is 93.7 Å². The third-order valence-electron chi connectivity index (χ3n) is 5.31. The number of hydrogen-bond donors (Lipinski definition) is 0. The van der Waals surface area contributed by atoms with Crippen LogP contribution < -0.4 is 0 Å². The van der Waals surface area contributed by atoms with Gasteiger partial charge in [0.1, 0.15) is 6.04 Å². The molecule has 6 heteroatoms. The number of likely N-dealkylation sites (N-methyl/N-ethyl adjacent to an activating group) is 1. The third kappa shape index (κ3) is 3.78. The van der Waals surface area contributed by atoms with E-state index in [0.29, 0.717) is 24.2 Å². The summed E-state index contributed by atoms with van der Waals surface area (Å²) in [4.78, 5) is 43.8. The summed E-state index contributed by atoms with van der Waals surface area (Å²) in [6.07, 6.45) is 0.284. The molecule has 1 aliphatic heterocycles. The Hall–Kier alpha value is -3.25. The molecule has 1 atom stereocenters. The molecule has 0 radical (unpaired) electrons. The van der Waals surface area contributed by atoms with Crippen LogP contribution in [0.2, 0.25) is 0 Å². The normalized spacial score (nSPS) is 14.0. The summed E-state index contributed by atoms with van der Waals surface area (Å²) in [5, 5.41) is 1.97. The maximum Gasteiger partial charge on any atom is 0.262 e. The highest BCUT2D eigenvalue weighted by molar-refractivity contribution is 7.09. The number of carbonyl (C=O) groups excluding carboxylic acids is 3. The van der Waals surface area contributed by atoms with E-state index in [9.17, 15) is 14.4 Å². The number of hydrogen-bond acceptors (Lipinski definition) is 4. The topological polar surface area (TPSA) is 57.7 Å². The monoisotopic (exact) mass is 418 g/mol. The van der Waals surface area contributed by atoms with Gasteiger partial charge in [-0.05, 0) is 36.1 Å². The van der Waals surface area contributed by atoms with Crippen LogP contribution in [0, 0.1) is 0 Å². The first-order valence-electron chi connectivity index (χ1n) is 9.92. The Kier molecular flexibility index (Phi) is 5.77. The van der Waals surface area contributed by atoms with Crippen LogP contribution in [0.3, 0.4) is 0 Å². The summed E-state index contributed by atoms with van der Waals surface area (Å²) >= 11 is 1.58. The molecule has 1 aromatic heterocycles. The summed E-state index contributed by atoms with van der Waals surface area (Å²) in [6.45, 7) is 2.86. The molecule has 2 aromatic carbocycles. The molecule has 0 aliphatic carbocycles. The molecule has 0 N–H and O–H groups in total. The lowest BCUT2D eigenvalue weighted by atomic mass is 10.0. The highest BCUT2D eigenvalue weighted by Crippen LogP contribution is 2.27. The van der Waals surface area contributed by atoms with Gasteiger partial charge in [-0.3, -0.25) is 19.3 Å². The lowest BCUT2D eigenvalue weighted by Gasteiger charge is -2.31. The molecule has 3 amide bonds. The molecule has 3 aromatic rings. The van der Waals surface area contributed by atoms with E-state index in [0.717, 1.165) is 15.3 Å². The molecule has 30 heavy (non-hydrogen) atoms. The Bertz CT molecular complexity index is 1030. The minimum Gasteiger partial charge on any atom is -0.336 e. The van der Waals surface area contributed by atoms with Crippen molar-refractivity contribution >= 4 is 29.1 Å². The number of amides is 3. The minimum atomic E-state index is -0.889. The van der Waals surface area contributed by atoms with Gasteiger partial charge < -0.3 is 4.90 Å². The number of rotatable bonds is 7. The van der Waals surface area contributed by atoms with Crippen molar-refractivity contribution < 1.29 is 14.4 Å². The number of nitrogens with zero attached hydrogens (tertiary/aromatic N) is 2. The zero-order valence-corrected chi connectivity index (χ0v) is 17.5. The molecular formula is C24H22N2O3S. The number of imide groups is 1. The summed E-state index contributed by atoms with van der Waals surface area (Å²) in [7, 11) is 0. The van der Waals surface area contributed by atoms with Crippen molar-refractivity contribution in [2.75, 3.05) is 6.54 Å². The summed E-state index contributed by atoms with van der Waals surface area (Å²) in [6, 6.07) is 19.3. The molecule has 2 heterocycles. The Morgan fingerprint density at radius 2 is 1.57 bits per heavy atom. The fraction of sp³-hybridized carbons (Fsp3) is 0.208. The van der Waals surface area contributed by atoms with E-state index in [2.05, 4.69) is 0 Å². The molecule has 0 bridgehead atoms. The van der Waals surface area contributed by atoms with Gasteiger partial charge in [0.2, 0.25) is 5.91 Å². The molecule has 4 rings (SSSR count). The summed E-state index contributed by atoms with van der Waals surface area (Å²) < 4.78 is 0. The Labute approximate surface area is 179 Å². The maximum atomic E-state index is 13.6. The van der Waals surface area contributed by atoms with Gasteiger partial charge in [-0.15, -0.1) is 11.3 Å². The van der Waals surface area contributed by atoms with Gasteiger partial charge in [0.15, 0.2) is 0 Å². The summed E-state index contributed by atoms with van der Waals surface area (Å²) in [5.41, 5.74) is 1.61. The van der Waals surface area contributed by atoms with E-state index < -0.39 is 17.9 Å². The molecule has 0 saturated carbocycles. The standard InChI is InChI=1S/C24H22N2O3S/c1-2-25(16-18-11-8-14-30-18)24(29)21(15-17-9-4-3-5-10-17)26-22(27)19-12-6-7-13-20(19)23(26)28/h3-14,21H,2,15-16H2,1H3/t21-/m1/s1. The highest BCUT2D eigenvalue weighted by Gasteiger charge is 2.43. The lowest BCUT2D eigenvalue weighted by Crippen LogP contribution is -2.51. The molecule has 152 valence electrons. The van der Waals surface area contributed by atoms with E-state index in [1.165, 1.54) is 0 Å². The fourth-order valence-corrected chi connectivity index (χ4v) is 4.48. The van der Waals surface area contributed by atoms with Crippen molar-refractivity contribution in [2.24, 2.45) is 0 Å². The second-order valence-corrected chi connectivity index (χ2v) is 8.20. The van der Waals surface area contributed by atoms with Gasteiger partial charge in [-0.2, -0.15) is 0 Å². The van der Waals surface area contributed by atoms with E-state index in [1.807, 2.05) is 54.8 Å². The first-order chi connectivity index (χ1) is 14.6. The van der Waals surface area contributed by atoms with Crippen molar-refractivity contribution in [2.45, 2.75) is 25.9 Å². The van der Waals surface area contributed by atoms with Crippen LogP contribution in [0.4, 0.5) is 0 Å². The SMILES string of the molecule is CCN(Cc1cccs1)C(=O)[C@@H](Cc1ccccc1)N1C(=O)c2ccccc2C1=O. The van der Waals surface area contributed by atoms with Crippen LogP contribution >= 0.6 is 11.3 Å². The number of fused-ring (bicyclic) bond motifs is 1. The molecule has 5 nitrogen and oxygen atoms in total. The van der Waals surface area contributed by atoms with Crippen molar-refractivity contribution in [1.82, 2.24) is 9.80 Å². The minimum absolute atomic E-state index is 0.218. The second-order valence-electron chi connectivity index (χ2n) is 7.16. The smallest absolute Gasteiger partial charge is 0.262 e. The van der Waals surface area contributed by atoms with Gasteiger partial charge in [0, 0.05) is 17.8 Å². The molecule has 0 saturated heterocycles. The van der Waals surface area contributed by atoms with Crippen LogP contribution in [0.5, 0.6) is 0 Å². The zero-order valence-electron chi connectivity index (χ0n) is 16.7. The average molecular weight is 419 g/mol. The van der Waals surface area contributed by atoms with Gasteiger partial charge in [-0.1, -0.05) is 48.5 Å². The molecule has 0 spiro atoms. The maximum absolute atomic E-state index is 13.6. The lowest BCUT2D eigenvalue weighted by molar-refractivity contribution is -0.135. The van der Waals surface area contributed by atoms with Gasteiger partial charge in [0.25, 0.3) is 11.8 Å². The quantitative estimate of drug-likeness (QED) is 0.545. The number of thiophene rings is 1. The van der Waals surface area contributed by atoms with Gasteiger partial charge >= 0.3 is 0 Å². The predicted molar refractivity (Wildman–Crippen MR) is 116 cm³/mol. The van der Waals surface area contributed by atoms with Crippen LogP contribution in [-0.4, -0.2) is 40.1 Å². The Balaban J connectivity index is 1.69.